The maximum absolute atomic E-state index is 12.0. The summed E-state index contributed by atoms with van der Waals surface area (Å²) < 4.78 is 5.62. The third-order valence-corrected chi connectivity index (χ3v) is 3.22. The van der Waals surface area contributed by atoms with E-state index in [1.807, 2.05) is 38.1 Å². The standard InChI is InChI=1S/C18H17Cl2NO2/c1-12(2)23-17-5-3-4-13(8-17)6-7-18(22)21-16-10-14(19)9-15(20)11-16/h3-12H,1-2H3,(H,21,22)/b7-6+. The highest BCUT2D eigenvalue weighted by atomic mass is 35.5. The Morgan fingerprint density at radius 3 is 2.48 bits per heavy atom. The summed E-state index contributed by atoms with van der Waals surface area (Å²) in [5.74, 6) is 0.502. The molecule has 0 radical (unpaired) electrons. The summed E-state index contributed by atoms with van der Waals surface area (Å²) in [5.41, 5.74) is 1.43. The summed E-state index contributed by atoms with van der Waals surface area (Å²) in [5, 5.41) is 3.65. The molecule has 0 aliphatic rings. The van der Waals surface area contributed by atoms with Gasteiger partial charge in [0, 0.05) is 21.8 Å². The molecule has 0 heterocycles. The third kappa shape index (κ3) is 5.97. The van der Waals surface area contributed by atoms with E-state index in [0.29, 0.717) is 15.7 Å². The Bertz CT molecular complexity index is 706. The average Bonchev–Trinajstić information content (AvgIpc) is 2.43. The second kappa shape index (κ2) is 8.04. The quantitative estimate of drug-likeness (QED) is 0.730. The zero-order chi connectivity index (χ0) is 16.8. The van der Waals surface area contributed by atoms with Crippen molar-refractivity contribution in [3.8, 4) is 5.75 Å². The van der Waals surface area contributed by atoms with Gasteiger partial charge in [-0.25, -0.2) is 0 Å². The zero-order valence-corrected chi connectivity index (χ0v) is 14.4. The number of rotatable bonds is 5. The Labute approximate surface area is 145 Å². The minimum atomic E-state index is -0.265. The number of benzene rings is 2. The summed E-state index contributed by atoms with van der Waals surface area (Å²) in [6.07, 6.45) is 3.27. The molecule has 0 saturated heterocycles. The van der Waals surface area contributed by atoms with Crippen molar-refractivity contribution >= 4 is 40.9 Å². The van der Waals surface area contributed by atoms with Crippen LogP contribution in [0.25, 0.3) is 6.08 Å². The monoisotopic (exact) mass is 349 g/mol. The molecule has 1 amide bonds. The lowest BCUT2D eigenvalue weighted by Crippen LogP contribution is -2.07. The lowest BCUT2D eigenvalue weighted by molar-refractivity contribution is -0.111. The molecule has 120 valence electrons. The van der Waals surface area contributed by atoms with E-state index in [-0.39, 0.29) is 12.0 Å². The van der Waals surface area contributed by atoms with Crippen molar-refractivity contribution in [1.82, 2.24) is 0 Å². The van der Waals surface area contributed by atoms with E-state index in [4.69, 9.17) is 27.9 Å². The number of carbonyl (C=O) groups is 1. The van der Waals surface area contributed by atoms with Gasteiger partial charge in [-0.05, 0) is 55.8 Å². The van der Waals surface area contributed by atoms with Crippen LogP contribution in [-0.2, 0) is 4.79 Å². The molecule has 0 fully saturated rings. The molecule has 23 heavy (non-hydrogen) atoms. The molecule has 2 rings (SSSR count). The zero-order valence-electron chi connectivity index (χ0n) is 12.8. The largest absolute Gasteiger partial charge is 0.491 e. The Hall–Kier alpha value is -1.97. The SMILES string of the molecule is CC(C)Oc1cccc(/C=C/C(=O)Nc2cc(Cl)cc(Cl)c2)c1. The molecule has 0 bridgehead atoms. The first-order valence-electron chi connectivity index (χ1n) is 7.14. The number of carbonyl (C=O) groups excluding carboxylic acids is 1. The van der Waals surface area contributed by atoms with Crippen LogP contribution in [-0.4, -0.2) is 12.0 Å². The Kier molecular flexibility index (Phi) is 6.08. The van der Waals surface area contributed by atoms with Crippen molar-refractivity contribution < 1.29 is 9.53 Å². The fourth-order valence-electron chi connectivity index (χ4n) is 1.95. The molecule has 0 saturated carbocycles. The van der Waals surface area contributed by atoms with Crippen molar-refractivity contribution in [2.24, 2.45) is 0 Å². The molecule has 0 aliphatic heterocycles. The Morgan fingerprint density at radius 2 is 1.83 bits per heavy atom. The van der Waals surface area contributed by atoms with Crippen LogP contribution in [0.2, 0.25) is 10.0 Å². The lowest BCUT2D eigenvalue weighted by atomic mass is 10.2. The van der Waals surface area contributed by atoms with Gasteiger partial charge < -0.3 is 10.1 Å². The van der Waals surface area contributed by atoms with Crippen LogP contribution in [0.3, 0.4) is 0 Å². The molecule has 2 aromatic carbocycles. The van der Waals surface area contributed by atoms with Crippen molar-refractivity contribution in [2.45, 2.75) is 20.0 Å². The maximum atomic E-state index is 12.0. The van der Waals surface area contributed by atoms with Crippen LogP contribution in [0.1, 0.15) is 19.4 Å². The summed E-state index contributed by atoms with van der Waals surface area (Å²) in [6, 6.07) is 12.4. The predicted octanol–water partition coefficient (Wildman–Crippen LogP) is 5.43. The normalized spacial score (nSPS) is 11.0. The predicted molar refractivity (Wildman–Crippen MR) is 96.3 cm³/mol. The van der Waals surface area contributed by atoms with E-state index in [2.05, 4.69) is 5.32 Å². The Balaban J connectivity index is 2.03. The molecule has 2 aromatic rings. The van der Waals surface area contributed by atoms with Crippen molar-refractivity contribution in [3.63, 3.8) is 0 Å². The van der Waals surface area contributed by atoms with Crippen LogP contribution in [0, 0.1) is 0 Å². The molecule has 1 N–H and O–H groups in total. The highest BCUT2D eigenvalue weighted by Crippen LogP contribution is 2.22. The van der Waals surface area contributed by atoms with Gasteiger partial charge >= 0.3 is 0 Å². The molecule has 0 unspecified atom stereocenters. The number of ether oxygens (including phenoxy) is 1. The second-order valence-electron chi connectivity index (χ2n) is 5.22. The topological polar surface area (TPSA) is 38.3 Å². The number of hydrogen-bond acceptors (Lipinski definition) is 2. The van der Waals surface area contributed by atoms with Crippen LogP contribution in [0.15, 0.2) is 48.5 Å². The first-order chi connectivity index (χ1) is 10.9. The van der Waals surface area contributed by atoms with Gasteiger partial charge in [0.1, 0.15) is 5.75 Å². The van der Waals surface area contributed by atoms with Crippen molar-refractivity contribution in [2.75, 3.05) is 5.32 Å². The van der Waals surface area contributed by atoms with Gasteiger partial charge in [0.05, 0.1) is 6.10 Å². The minimum Gasteiger partial charge on any atom is -0.491 e. The van der Waals surface area contributed by atoms with E-state index in [1.54, 1.807) is 24.3 Å². The summed E-state index contributed by atoms with van der Waals surface area (Å²) in [7, 11) is 0. The number of halogens is 2. The molecule has 3 nitrogen and oxygen atoms in total. The van der Waals surface area contributed by atoms with Crippen LogP contribution < -0.4 is 10.1 Å². The van der Waals surface area contributed by atoms with Crippen molar-refractivity contribution in [3.05, 3.63) is 64.1 Å². The fraction of sp³-hybridized carbons (Fsp3) is 0.167. The molecule has 5 heteroatoms. The van der Waals surface area contributed by atoms with Crippen molar-refractivity contribution in [1.29, 1.82) is 0 Å². The molecular weight excluding hydrogens is 333 g/mol. The minimum absolute atomic E-state index is 0.102. The summed E-state index contributed by atoms with van der Waals surface area (Å²) in [6.45, 7) is 3.93. The van der Waals surface area contributed by atoms with Crippen LogP contribution in [0.4, 0.5) is 5.69 Å². The van der Waals surface area contributed by atoms with Crippen LogP contribution >= 0.6 is 23.2 Å². The van der Waals surface area contributed by atoms with Gasteiger partial charge in [-0.2, -0.15) is 0 Å². The lowest BCUT2D eigenvalue weighted by Gasteiger charge is -2.09. The smallest absolute Gasteiger partial charge is 0.248 e. The van der Waals surface area contributed by atoms with Gasteiger partial charge in [0.15, 0.2) is 0 Å². The molecule has 0 spiro atoms. The number of amides is 1. The van der Waals surface area contributed by atoms with E-state index >= 15 is 0 Å². The van der Waals surface area contributed by atoms with Gasteiger partial charge in [-0.1, -0.05) is 35.3 Å². The van der Waals surface area contributed by atoms with E-state index in [0.717, 1.165) is 11.3 Å². The highest BCUT2D eigenvalue weighted by molar-refractivity contribution is 6.35. The van der Waals surface area contributed by atoms with Crippen LogP contribution in [0.5, 0.6) is 5.75 Å². The Morgan fingerprint density at radius 1 is 1.13 bits per heavy atom. The second-order valence-corrected chi connectivity index (χ2v) is 6.09. The van der Waals surface area contributed by atoms with E-state index in [1.165, 1.54) is 6.08 Å². The first kappa shape index (κ1) is 17.4. The summed E-state index contributed by atoms with van der Waals surface area (Å²) in [4.78, 5) is 12.0. The van der Waals surface area contributed by atoms with E-state index in [9.17, 15) is 4.79 Å². The highest BCUT2D eigenvalue weighted by Gasteiger charge is 2.02. The maximum Gasteiger partial charge on any atom is 0.248 e. The average molecular weight is 350 g/mol. The first-order valence-corrected chi connectivity index (χ1v) is 7.90. The van der Waals surface area contributed by atoms with Gasteiger partial charge in [-0.15, -0.1) is 0 Å². The van der Waals surface area contributed by atoms with Gasteiger partial charge in [0.25, 0.3) is 0 Å². The molecule has 0 atom stereocenters. The molecule has 0 aliphatic carbocycles. The number of anilines is 1. The number of hydrogen-bond donors (Lipinski definition) is 1. The molecule has 0 aromatic heterocycles. The third-order valence-electron chi connectivity index (χ3n) is 2.79. The van der Waals surface area contributed by atoms with E-state index < -0.39 is 0 Å². The fourth-order valence-corrected chi connectivity index (χ4v) is 2.47. The number of nitrogens with one attached hydrogen (secondary N) is 1. The summed E-state index contributed by atoms with van der Waals surface area (Å²) >= 11 is 11.8. The van der Waals surface area contributed by atoms with Gasteiger partial charge in [0.2, 0.25) is 5.91 Å². The van der Waals surface area contributed by atoms with Gasteiger partial charge in [-0.3, -0.25) is 4.79 Å². The molecular formula is C18H17Cl2NO2.